The van der Waals surface area contributed by atoms with Crippen molar-refractivity contribution in [2.75, 3.05) is 18.5 Å². The topological polar surface area (TPSA) is 47.0 Å². The summed E-state index contributed by atoms with van der Waals surface area (Å²) in [6, 6.07) is 0. The summed E-state index contributed by atoms with van der Waals surface area (Å²) >= 11 is 5.82. The summed E-state index contributed by atoms with van der Waals surface area (Å²) in [6.07, 6.45) is 4.38. The van der Waals surface area contributed by atoms with Crippen molar-refractivity contribution in [1.29, 1.82) is 0 Å². The minimum Gasteiger partial charge on any atom is -0.379 e. The zero-order chi connectivity index (χ0) is 11.1. The first-order valence-corrected chi connectivity index (χ1v) is 5.40. The van der Waals surface area contributed by atoms with Gasteiger partial charge in [-0.15, -0.1) is 0 Å². The molecule has 84 valence electrons. The van der Waals surface area contributed by atoms with E-state index in [-0.39, 0.29) is 6.10 Å². The molecule has 4 nitrogen and oxygen atoms in total. The van der Waals surface area contributed by atoms with Crippen molar-refractivity contribution >= 4 is 17.4 Å². The number of hydrogen-bond donors (Lipinski definition) is 1. The Morgan fingerprint density at radius 3 is 2.80 bits per heavy atom. The Morgan fingerprint density at radius 2 is 2.13 bits per heavy atom. The van der Waals surface area contributed by atoms with Crippen LogP contribution < -0.4 is 5.32 Å². The first kappa shape index (κ1) is 12.2. The van der Waals surface area contributed by atoms with Crippen LogP contribution in [0.3, 0.4) is 0 Å². The van der Waals surface area contributed by atoms with E-state index in [1.165, 1.54) is 0 Å². The maximum absolute atomic E-state index is 5.82. The summed E-state index contributed by atoms with van der Waals surface area (Å²) in [5, 5.41) is 3.51. The van der Waals surface area contributed by atoms with Gasteiger partial charge in [-0.1, -0.05) is 11.6 Å². The lowest BCUT2D eigenvalue weighted by Gasteiger charge is -2.08. The van der Waals surface area contributed by atoms with Crippen LogP contribution in [0.15, 0.2) is 12.4 Å². The molecule has 0 spiro atoms. The van der Waals surface area contributed by atoms with Gasteiger partial charge in [-0.3, -0.25) is 0 Å². The molecule has 1 aromatic rings. The van der Waals surface area contributed by atoms with E-state index >= 15 is 0 Å². The Labute approximate surface area is 95.0 Å². The minimum absolute atomic E-state index is 0.283. The molecule has 0 atom stereocenters. The van der Waals surface area contributed by atoms with Gasteiger partial charge in [0.15, 0.2) is 11.0 Å². The molecule has 1 rings (SSSR count). The van der Waals surface area contributed by atoms with Crippen LogP contribution >= 0.6 is 11.6 Å². The van der Waals surface area contributed by atoms with Crippen LogP contribution in [0.1, 0.15) is 20.3 Å². The minimum atomic E-state index is 0.283. The highest BCUT2D eigenvalue weighted by atomic mass is 35.5. The Morgan fingerprint density at radius 1 is 1.40 bits per heavy atom. The van der Waals surface area contributed by atoms with Crippen molar-refractivity contribution < 1.29 is 4.74 Å². The second-order valence-corrected chi connectivity index (χ2v) is 3.75. The van der Waals surface area contributed by atoms with E-state index in [0.717, 1.165) is 19.6 Å². The molecule has 0 aliphatic heterocycles. The first-order chi connectivity index (χ1) is 7.20. The van der Waals surface area contributed by atoms with Crippen LogP contribution in [-0.2, 0) is 4.74 Å². The standard InChI is InChI=1S/C10H16ClN3O/c1-8(2)15-7-3-4-13-10-9(11)12-5-6-14-10/h5-6,8H,3-4,7H2,1-2H3,(H,13,14). The molecular formula is C10H16ClN3O. The van der Waals surface area contributed by atoms with Crippen molar-refractivity contribution in [2.24, 2.45) is 0 Å². The Kier molecular flexibility index (Phi) is 5.36. The van der Waals surface area contributed by atoms with Gasteiger partial charge in [0.05, 0.1) is 6.10 Å². The quantitative estimate of drug-likeness (QED) is 0.761. The maximum Gasteiger partial charge on any atom is 0.171 e. The molecule has 1 aromatic heterocycles. The fraction of sp³-hybridized carbons (Fsp3) is 0.600. The van der Waals surface area contributed by atoms with Gasteiger partial charge in [0.2, 0.25) is 0 Å². The monoisotopic (exact) mass is 229 g/mol. The fourth-order valence-electron chi connectivity index (χ4n) is 1.04. The van der Waals surface area contributed by atoms with E-state index < -0.39 is 0 Å². The summed E-state index contributed by atoms with van der Waals surface area (Å²) in [5.41, 5.74) is 0. The van der Waals surface area contributed by atoms with E-state index in [0.29, 0.717) is 11.0 Å². The van der Waals surface area contributed by atoms with Gasteiger partial charge in [-0.05, 0) is 20.3 Å². The van der Waals surface area contributed by atoms with Crippen LogP contribution in [0.4, 0.5) is 5.82 Å². The molecule has 15 heavy (non-hydrogen) atoms. The largest absolute Gasteiger partial charge is 0.379 e. The average Bonchev–Trinajstić information content (AvgIpc) is 2.20. The maximum atomic E-state index is 5.82. The lowest BCUT2D eigenvalue weighted by molar-refractivity contribution is 0.0787. The van der Waals surface area contributed by atoms with Crippen molar-refractivity contribution in [2.45, 2.75) is 26.4 Å². The summed E-state index contributed by atoms with van der Waals surface area (Å²) in [7, 11) is 0. The molecule has 0 aromatic carbocycles. The SMILES string of the molecule is CC(C)OCCCNc1nccnc1Cl. The Balaban J connectivity index is 2.18. The van der Waals surface area contributed by atoms with Crippen molar-refractivity contribution in [3.05, 3.63) is 17.5 Å². The summed E-state index contributed by atoms with van der Waals surface area (Å²) < 4.78 is 5.40. The lowest BCUT2D eigenvalue weighted by atomic mass is 10.4. The molecule has 0 aliphatic carbocycles. The molecule has 0 fully saturated rings. The molecule has 5 heteroatoms. The second kappa shape index (κ2) is 6.58. The van der Waals surface area contributed by atoms with E-state index in [9.17, 15) is 0 Å². The van der Waals surface area contributed by atoms with E-state index in [1.54, 1.807) is 12.4 Å². The van der Waals surface area contributed by atoms with Crippen LogP contribution in [0.5, 0.6) is 0 Å². The third-order valence-corrected chi connectivity index (χ3v) is 1.99. The van der Waals surface area contributed by atoms with E-state index in [1.807, 2.05) is 13.8 Å². The molecule has 1 N–H and O–H groups in total. The number of aromatic nitrogens is 2. The summed E-state index contributed by atoms with van der Waals surface area (Å²) in [5.74, 6) is 0.628. The number of nitrogens with zero attached hydrogens (tertiary/aromatic N) is 2. The zero-order valence-corrected chi connectivity index (χ0v) is 9.79. The highest BCUT2D eigenvalue weighted by Gasteiger charge is 2.00. The molecule has 0 saturated carbocycles. The fourth-order valence-corrected chi connectivity index (χ4v) is 1.21. The highest BCUT2D eigenvalue weighted by Crippen LogP contribution is 2.13. The van der Waals surface area contributed by atoms with Gasteiger partial charge >= 0.3 is 0 Å². The molecule has 0 radical (unpaired) electrons. The number of rotatable bonds is 6. The van der Waals surface area contributed by atoms with Gasteiger partial charge in [-0.25, -0.2) is 9.97 Å². The average molecular weight is 230 g/mol. The Bertz CT molecular complexity index is 294. The molecular weight excluding hydrogens is 214 g/mol. The van der Waals surface area contributed by atoms with Crippen molar-refractivity contribution in [3.8, 4) is 0 Å². The van der Waals surface area contributed by atoms with E-state index in [4.69, 9.17) is 16.3 Å². The third kappa shape index (κ3) is 4.95. The zero-order valence-electron chi connectivity index (χ0n) is 9.03. The van der Waals surface area contributed by atoms with E-state index in [2.05, 4.69) is 15.3 Å². The first-order valence-electron chi connectivity index (χ1n) is 5.02. The van der Waals surface area contributed by atoms with Crippen LogP contribution in [0.25, 0.3) is 0 Å². The highest BCUT2D eigenvalue weighted by molar-refractivity contribution is 6.31. The van der Waals surface area contributed by atoms with Crippen LogP contribution in [0, 0.1) is 0 Å². The van der Waals surface area contributed by atoms with Gasteiger partial charge < -0.3 is 10.1 Å². The normalized spacial score (nSPS) is 10.7. The summed E-state index contributed by atoms with van der Waals surface area (Å²) in [6.45, 7) is 5.56. The molecule has 0 saturated heterocycles. The van der Waals surface area contributed by atoms with Gasteiger partial charge in [0.25, 0.3) is 0 Å². The number of hydrogen-bond acceptors (Lipinski definition) is 4. The van der Waals surface area contributed by atoms with Gasteiger partial charge in [0.1, 0.15) is 0 Å². The smallest absolute Gasteiger partial charge is 0.171 e. The van der Waals surface area contributed by atoms with Crippen molar-refractivity contribution in [3.63, 3.8) is 0 Å². The van der Waals surface area contributed by atoms with Gasteiger partial charge in [-0.2, -0.15) is 0 Å². The van der Waals surface area contributed by atoms with Crippen LogP contribution in [0.2, 0.25) is 5.15 Å². The number of halogens is 1. The van der Waals surface area contributed by atoms with Crippen molar-refractivity contribution in [1.82, 2.24) is 9.97 Å². The number of anilines is 1. The third-order valence-electron chi connectivity index (χ3n) is 1.72. The molecule has 0 bridgehead atoms. The molecule has 1 heterocycles. The predicted octanol–water partition coefficient (Wildman–Crippen LogP) is 2.36. The number of nitrogens with one attached hydrogen (secondary N) is 1. The predicted molar refractivity (Wildman–Crippen MR) is 61.2 cm³/mol. The molecule has 0 unspecified atom stereocenters. The summed E-state index contributed by atoms with van der Waals surface area (Å²) in [4.78, 5) is 7.98. The second-order valence-electron chi connectivity index (χ2n) is 3.40. The Hall–Kier alpha value is -0.870. The lowest BCUT2D eigenvalue weighted by Crippen LogP contribution is -2.10. The van der Waals surface area contributed by atoms with Crippen LogP contribution in [-0.4, -0.2) is 29.2 Å². The van der Waals surface area contributed by atoms with Gasteiger partial charge in [0, 0.05) is 25.5 Å². The number of ether oxygens (including phenoxy) is 1. The molecule has 0 amide bonds. The molecule has 0 aliphatic rings.